The molecule has 1 aliphatic heterocycles. The molecule has 33 heavy (non-hydrogen) atoms. The summed E-state index contributed by atoms with van der Waals surface area (Å²) in [6, 6.07) is 13.6. The maximum atomic E-state index is 13.8. The van der Waals surface area contributed by atoms with Gasteiger partial charge in [-0.1, -0.05) is 31.0 Å². The Balaban J connectivity index is 1.52. The molecule has 0 unspecified atom stereocenters. The lowest BCUT2D eigenvalue weighted by atomic mass is 9.93. The van der Waals surface area contributed by atoms with Crippen molar-refractivity contribution in [2.45, 2.75) is 57.3 Å². The van der Waals surface area contributed by atoms with Gasteiger partial charge in [0.05, 0.1) is 18.5 Å². The number of carbonyl (C=O) groups excluding carboxylic acids is 2. The number of hydrogen-bond donors (Lipinski definition) is 1. The SMILES string of the molecule is COc1cccc(CN2C(=O)c3cc(-c4cccs4)nn3C[C@]2(C)C(=O)NC2CCCC2)c1. The van der Waals surface area contributed by atoms with Crippen LogP contribution in [0, 0.1) is 0 Å². The number of aromatic nitrogens is 2. The number of amides is 2. The first kappa shape index (κ1) is 21.7. The molecule has 1 atom stereocenters. The molecule has 7 nitrogen and oxygen atoms in total. The van der Waals surface area contributed by atoms with Gasteiger partial charge in [0.2, 0.25) is 5.91 Å². The number of fused-ring (bicyclic) bond motifs is 1. The summed E-state index contributed by atoms with van der Waals surface area (Å²) in [4.78, 5) is 30.1. The Hall–Kier alpha value is -3.13. The molecule has 2 aromatic heterocycles. The number of nitrogens with zero attached hydrogens (tertiary/aromatic N) is 3. The summed E-state index contributed by atoms with van der Waals surface area (Å²) < 4.78 is 7.07. The average Bonchev–Trinajstić information content (AvgIpc) is 3.58. The highest BCUT2D eigenvalue weighted by Gasteiger charge is 2.48. The molecule has 0 spiro atoms. The van der Waals surface area contributed by atoms with E-state index in [2.05, 4.69) is 5.32 Å². The Bertz CT molecular complexity index is 1170. The van der Waals surface area contributed by atoms with E-state index < -0.39 is 5.54 Å². The standard InChI is InChI=1S/C25H28N4O3S/c1-25(24(31)26-18-8-3-4-9-18)16-29-21(14-20(27-29)22-11-6-12-33-22)23(30)28(25)15-17-7-5-10-19(13-17)32-2/h5-7,10-14,18H,3-4,8-9,15-16H2,1-2H3,(H,26,31)/t25-/m1/s1. The van der Waals surface area contributed by atoms with Crippen molar-refractivity contribution in [3.05, 3.63) is 59.1 Å². The molecular weight excluding hydrogens is 436 g/mol. The molecule has 0 bridgehead atoms. The van der Waals surface area contributed by atoms with E-state index >= 15 is 0 Å². The average molecular weight is 465 g/mol. The lowest BCUT2D eigenvalue weighted by Crippen LogP contribution is -2.64. The molecule has 1 fully saturated rings. The van der Waals surface area contributed by atoms with E-state index in [1.807, 2.05) is 54.8 Å². The number of hydrogen-bond acceptors (Lipinski definition) is 5. The van der Waals surface area contributed by atoms with Crippen LogP contribution in [-0.2, 0) is 17.9 Å². The predicted molar refractivity (Wildman–Crippen MR) is 127 cm³/mol. The lowest BCUT2D eigenvalue weighted by Gasteiger charge is -2.43. The fraction of sp³-hybridized carbons (Fsp3) is 0.400. The van der Waals surface area contributed by atoms with Gasteiger partial charge in [0.1, 0.15) is 22.7 Å². The second kappa shape index (κ2) is 8.67. The molecule has 5 rings (SSSR count). The minimum atomic E-state index is -1.06. The molecule has 1 saturated carbocycles. The monoisotopic (exact) mass is 464 g/mol. The predicted octanol–water partition coefficient (Wildman–Crippen LogP) is 4.09. The zero-order chi connectivity index (χ0) is 23.0. The van der Waals surface area contributed by atoms with E-state index in [0.29, 0.717) is 18.8 Å². The van der Waals surface area contributed by atoms with Crippen LogP contribution in [0.15, 0.2) is 47.8 Å². The molecule has 172 valence electrons. The fourth-order valence-corrected chi connectivity index (χ4v) is 5.48. The van der Waals surface area contributed by atoms with Crippen LogP contribution in [0.5, 0.6) is 5.75 Å². The first-order chi connectivity index (χ1) is 16.0. The molecular formula is C25H28N4O3S. The molecule has 1 aliphatic carbocycles. The van der Waals surface area contributed by atoms with Crippen molar-refractivity contribution in [1.29, 1.82) is 0 Å². The quantitative estimate of drug-likeness (QED) is 0.596. The molecule has 3 heterocycles. The van der Waals surface area contributed by atoms with Gasteiger partial charge in [0.15, 0.2) is 0 Å². The van der Waals surface area contributed by atoms with Crippen molar-refractivity contribution >= 4 is 23.2 Å². The van der Waals surface area contributed by atoms with Gasteiger partial charge in [0, 0.05) is 12.6 Å². The Morgan fingerprint density at radius 1 is 1.24 bits per heavy atom. The largest absolute Gasteiger partial charge is 0.497 e. The maximum absolute atomic E-state index is 13.8. The van der Waals surface area contributed by atoms with Crippen molar-refractivity contribution < 1.29 is 14.3 Å². The first-order valence-electron chi connectivity index (χ1n) is 11.4. The van der Waals surface area contributed by atoms with Crippen LogP contribution < -0.4 is 10.1 Å². The van der Waals surface area contributed by atoms with Gasteiger partial charge >= 0.3 is 0 Å². The Morgan fingerprint density at radius 3 is 2.79 bits per heavy atom. The van der Waals surface area contributed by atoms with E-state index in [1.165, 1.54) is 0 Å². The van der Waals surface area contributed by atoms with Gasteiger partial charge in [-0.3, -0.25) is 14.3 Å². The number of methoxy groups -OCH3 is 1. The van der Waals surface area contributed by atoms with Gasteiger partial charge in [-0.25, -0.2) is 0 Å². The van der Waals surface area contributed by atoms with Crippen LogP contribution in [0.3, 0.4) is 0 Å². The summed E-state index contributed by atoms with van der Waals surface area (Å²) in [5.41, 5.74) is 1.12. The highest BCUT2D eigenvalue weighted by Crippen LogP contribution is 2.33. The van der Waals surface area contributed by atoms with E-state index in [4.69, 9.17) is 9.84 Å². The zero-order valence-electron chi connectivity index (χ0n) is 18.9. The molecule has 1 aromatic carbocycles. The number of rotatable bonds is 6. The molecule has 0 saturated heterocycles. The number of benzene rings is 1. The summed E-state index contributed by atoms with van der Waals surface area (Å²) in [6.45, 7) is 2.47. The van der Waals surface area contributed by atoms with Crippen molar-refractivity contribution in [3.63, 3.8) is 0 Å². The maximum Gasteiger partial charge on any atom is 0.273 e. The molecule has 1 N–H and O–H groups in total. The van der Waals surface area contributed by atoms with Gasteiger partial charge in [0.25, 0.3) is 5.91 Å². The fourth-order valence-electron chi connectivity index (χ4n) is 4.80. The van der Waals surface area contributed by atoms with Gasteiger partial charge < -0.3 is 15.0 Å². The van der Waals surface area contributed by atoms with E-state index in [9.17, 15) is 9.59 Å². The number of ether oxygens (including phenoxy) is 1. The minimum absolute atomic E-state index is 0.121. The van der Waals surface area contributed by atoms with E-state index in [0.717, 1.165) is 47.6 Å². The summed E-state index contributed by atoms with van der Waals surface area (Å²) in [5, 5.41) is 9.91. The summed E-state index contributed by atoms with van der Waals surface area (Å²) in [5.74, 6) is 0.409. The molecule has 2 aliphatic rings. The lowest BCUT2D eigenvalue weighted by molar-refractivity contribution is -0.134. The molecule has 0 radical (unpaired) electrons. The van der Waals surface area contributed by atoms with Crippen LogP contribution in [-0.4, -0.2) is 45.2 Å². The van der Waals surface area contributed by atoms with Crippen LogP contribution in [0.2, 0.25) is 0 Å². The third kappa shape index (κ3) is 4.04. The topological polar surface area (TPSA) is 76.5 Å². The van der Waals surface area contributed by atoms with E-state index in [1.54, 1.807) is 28.0 Å². The second-order valence-electron chi connectivity index (χ2n) is 9.02. The first-order valence-corrected chi connectivity index (χ1v) is 12.2. The third-order valence-corrected chi connectivity index (χ3v) is 7.62. The smallest absolute Gasteiger partial charge is 0.273 e. The third-order valence-electron chi connectivity index (χ3n) is 6.73. The highest BCUT2D eigenvalue weighted by atomic mass is 32.1. The van der Waals surface area contributed by atoms with Crippen LogP contribution in [0.25, 0.3) is 10.6 Å². The second-order valence-corrected chi connectivity index (χ2v) is 9.97. The number of thiophene rings is 1. The Morgan fingerprint density at radius 2 is 2.06 bits per heavy atom. The van der Waals surface area contributed by atoms with Gasteiger partial charge in [-0.15, -0.1) is 11.3 Å². The highest BCUT2D eigenvalue weighted by molar-refractivity contribution is 7.13. The van der Waals surface area contributed by atoms with Crippen LogP contribution in [0.4, 0.5) is 0 Å². The summed E-state index contributed by atoms with van der Waals surface area (Å²) in [6.07, 6.45) is 4.23. The minimum Gasteiger partial charge on any atom is -0.497 e. The Labute approximate surface area is 197 Å². The van der Waals surface area contributed by atoms with Crippen molar-refractivity contribution in [1.82, 2.24) is 20.0 Å². The molecule has 2 amide bonds. The normalized spacial score (nSPS) is 20.7. The van der Waals surface area contributed by atoms with E-state index in [-0.39, 0.29) is 17.9 Å². The van der Waals surface area contributed by atoms with Gasteiger partial charge in [-0.2, -0.15) is 5.10 Å². The van der Waals surface area contributed by atoms with Crippen molar-refractivity contribution in [2.75, 3.05) is 7.11 Å². The zero-order valence-corrected chi connectivity index (χ0v) is 19.7. The van der Waals surface area contributed by atoms with Crippen molar-refractivity contribution in [2.24, 2.45) is 0 Å². The molecule has 8 heteroatoms. The van der Waals surface area contributed by atoms with Crippen LogP contribution in [0.1, 0.15) is 48.7 Å². The summed E-state index contributed by atoms with van der Waals surface area (Å²) in [7, 11) is 1.62. The Kier molecular flexibility index (Phi) is 5.70. The molecule has 3 aromatic rings. The van der Waals surface area contributed by atoms with Gasteiger partial charge in [-0.05, 0) is 55.0 Å². The van der Waals surface area contributed by atoms with Crippen molar-refractivity contribution in [3.8, 4) is 16.3 Å². The van der Waals surface area contributed by atoms with Crippen LogP contribution >= 0.6 is 11.3 Å². The number of carbonyl (C=O) groups is 2. The summed E-state index contributed by atoms with van der Waals surface area (Å²) >= 11 is 1.58. The number of nitrogens with one attached hydrogen (secondary N) is 1.